The van der Waals surface area contributed by atoms with Crippen LogP contribution in [0.2, 0.25) is 0 Å². The van der Waals surface area contributed by atoms with Crippen LogP contribution in [-0.4, -0.2) is 76.2 Å². The van der Waals surface area contributed by atoms with Crippen LogP contribution < -0.4 is 16.0 Å². The first-order valence-corrected chi connectivity index (χ1v) is 13.6. The van der Waals surface area contributed by atoms with Crippen molar-refractivity contribution in [2.75, 3.05) is 42.1 Å². The minimum Gasteiger partial charge on any atom is -0.481 e. The van der Waals surface area contributed by atoms with E-state index in [0.29, 0.717) is 16.9 Å². The van der Waals surface area contributed by atoms with Crippen LogP contribution in [0.5, 0.6) is 0 Å². The molecule has 0 fully saturated rings. The number of anilines is 3. The van der Waals surface area contributed by atoms with Gasteiger partial charge in [-0.25, -0.2) is 0 Å². The third-order valence-electron chi connectivity index (χ3n) is 6.05. The van der Waals surface area contributed by atoms with Gasteiger partial charge >= 0.3 is 5.97 Å². The summed E-state index contributed by atoms with van der Waals surface area (Å²) < 4.78 is 0. The lowest BCUT2D eigenvalue weighted by Gasteiger charge is -2.28. The van der Waals surface area contributed by atoms with E-state index >= 15 is 0 Å². The highest BCUT2D eigenvalue weighted by Crippen LogP contribution is 2.16. The Morgan fingerprint density at radius 2 is 1.29 bits per heavy atom. The average Bonchev–Trinajstić information content (AvgIpc) is 2.96. The van der Waals surface area contributed by atoms with Crippen molar-refractivity contribution in [3.63, 3.8) is 0 Å². The molecule has 3 aromatic carbocycles. The van der Waals surface area contributed by atoms with Crippen LogP contribution in [0.1, 0.15) is 30.6 Å². The monoisotopic (exact) mass is 575 g/mol. The van der Waals surface area contributed by atoms with E-state index in [4.69, 9.17) is 5.11 Å². The molecule has 0 aromatic heterocycles. The van der Waals surface area contributed by atoms with Gasteiger partial charge in [0.05, 0.1) is 13.0 Å². The molecule has 0 heterocycles. The molecule has 5 N–H and O–H groups in total. The Kier molecular flexibility index (Phi) is 11.9. The van der Waals surface area contributed by atoms with Crippen molar-refractivity contribution < 1.29 is 29.4 Å². The summed E-state index contributed by atoms with van der Waals surface area (Å²) in [5.74, 6) is -2.40. The molecule has 0 saturated heterocycles. The van der Waals surface area contributed by atoms with E-state index in [0.717, 1.165) is 5.69 Å². The number of benzene rings is 3. The molecule has 11 nitrogen and oxygen atoms in total. The van der Waals surface area contributed by atoms with E-state index in [1.165, 1.54) is 9.80 Å². The van der Waals surface area contributed by atoms with E-state index in [1.807, 2.05) is 44.2 Å². The van der Waals surface area contributed by atoms with E-state index < -0.39 is 30.0 Å². The Hall–Kier alpha value is -4.90. The number of aliphatic hydroxyl groups excluding tert-OH is 1. The van der Waals surface area contributed by atoms with E-state index in [-0.39, 0.29) is 38.5 Å². The second-order valence-corrected chi connectivity index (χ2v) is 10.1. The smallest absolute Gasteiger partial charge is 0.305 e. The van der Waals surface area contributed by atoms with Gasteiger partial charge in [-0.2, -0.15) is 0 Å². The summed E-state index contributed by atoms with van der Waals surface area (Å²) in [7, 11) is 0. The molecule has 1 atom stereocenters. The Morgan fingerprint density at radius 3 is 1.86 bits per heavy atom. The molecule has 3 rings (SSSR count). The zero-order valence-corrected chi connectivity index (χ0v) is 23.7. The normalized spacial score (nSPS) is 11.3. The van der Waals surface area contributed by atoms with Crippen molar-refractivity contribution in [1.82, 2.24) is 9.80 Å². The first-order chi connectivity index (χ1) is 20.1. The number of carboxylic acid groups (broad SMARTS) is 1. The summed E-state index contributed by atoms with van der Waals surface area (Å²) in [6.45, 7) is 3.33. The topological polar surface area (TPSA) is 151 Å². The number of hydrogen-bond acceptors (Lipinski definition) is 7. The SMILES string of the molecule is CC(C)CN(CC(=O)Nc1ccc(NC(O)Nc2ccccc2)cc1)C(=O)CN(CCC(=O)O)C(=O)c1ccccc1. The molecule has 0 spiro atoms. The fourth-order valence-corrected chi connectivity index (χ4v) is 4.11. The fraction of sp³-hybridized carbons (Fsp3) is 0.290. The Morgan fingerprint density at radius 1 is 0.738 bits per heavy atom. The maximum Gasteiger partial charge on any atom is 0.305 e. The zero-order chi connectivity index (χ0) is 30.5. The molecule has 0 radical (unpaired) electrons. The van der Waals surface area contributed by atoms with Gasteiger partial charge < -0.3 is 36.0 Å². The van der Waals surface area contributed by atoms with Crippen LogP contribution >= 0.6 is 0 Å². The maximum atomic E-state index is 13.3. The van der Waals surface area contributed by atoms with Crippen molar-refractivity contribution in [2.24, 2.45) is 5.92 Å². The van der Waals surface area contributed by atoms with E-state index in [9.17, 15) is 24.3 Å². The highest BCUT2D eigenvalue weighted by Gasteiger charge is 2.25. The van der Waals surface area contributed by atoms with E-state index in [2.05, 4.69) is 16.0 Å². The van der Waals surface area contributed by atoms with Crippen LogP contribution in [0.15, 0.2) is 84.9 Å². The Labute approximate surface area is 245 Å². The predicted octanol–water partition coefficient (Wildman–Crippen LogP) is 3.53. The molecule has 0 saturated carbocycles. The molecule has 3 amide bonds. The summed E-state index contributed by atoms with van der Waals surface area (Å²) in [6, 6.07) is 24.3. The second kappa shape index (κ2) is 15.8. The summed E-state index contributed by atoms with van der Waals surface area (Å²) in [4.78, 5) is 53.0. The van der Waals surface area contributed by atoms with Crippen molar-refractivity contribution in [1.29, 1.82) is 0 Å². The highest BCUT2D eigenvalue weighted by atomic mass is 16.4. The van der Waals surface area contributed by atoms with Gasteiger partial charge in [0.2, 0.25) is 18.2 Å². The van der Waals surface area contributed by atoms with Gasteiger partial charge in [0.1, 0.15) is 6.54 Å². The molecular formula is C31H37N5O6. The quantitative estimate of drug-likeness (QED) is 0.173. The summed E-state index contributed by atoms with van der Waals surface area (Å²) >= 11 is 0. The third kappa shape index (κ3) is 10.6. The summed E-state index contributed by atoms with van der Waals surface area (Å²) in [5, 5.41) is 28.0. The van der Waals surface area contributed by atoms with Gasteiger partial charge in [-0.3, -0.25) is 19.2 Å². The molecule has 42 heavy (non-hydrogen) atoms. The highest BCUT2D eigenvalue weighted by molar-refractivity contribution is 5.98. The van der Waals surface area contributed by atoms with E-state index in [1.54, 1.807) is 54.6 Å². The van der Waals surface area contributed by atoms with Gasteiger partial charge in [-0.05, 0) is 54.4 Å². The van der Waals surface area contributed by atoms with Crippen molar-refractivity contribution >= 4 is 40.8 Å². The molecule has 3 aromatic rings. The Bertz CT molecular complexity index is 1320. The largest absolute Gasteiger partial charge is 0.481 e. The van der Waals surface area contributed by atoms with Crippen molar-refractivity contribution in [3.8, 4) is 0 Å². The number of aliphatic carboxylic acids is 1. The Balaban J connectivity index is 1.60. The first kappa shape index (κ1) is 31.6. The molecular weight excluding hydrogens is 538 g/mol. The van der Waals surface area contributed by atoms with Gasteiger partial charge in [0.25, 0.3) is 5.91 Å². The van der Waals surface area contributed by atoms with Crippen LogP contribution in [0.3, 0.4) is 0 Å². The molecule has 0 aliphatic carbocycles. The number of carboxylic acids is 1. The second-order valence-electron chi connectivity index (χ2n) is 10.1. The van der Waals surface area contributed by atoms with Gasteiger partial charge in [0.15, 0.2) is 0 Å². The van der Waals surface area contributed by atoms with Crippen LogP contribution in [0.4, 0.5) is 17.1 Å². The van der Waals surface area contributed by atoms with Crippen LogP contribution in [-0.2, 0) is 14.4 Å². The third-order valence-corrected chi connectivity index (χ3v) is 6.05. The minimum absolute atomic E-state index is 0.0420. The number of nitrogens with one attached hydrogen (secondary N) is 3. The number of rotatable bonds is 15. The lowest BCUT2D eigenvalue weighted by Crippen LogP contribution is -2.47. The molecule has 0 aliphatic heterocycles. The number of carbonyl (C=O) groups is 4. The predicted molar refractivity (Wildman–Crippen MR) is 161 cm³/mol. The number of amides is 3. The number of para-hydroxylation sites is 1. The van der Waals surface area contributed by atoms with Crippen LogP contribution in [0.25, 0.3) is 0 Å². The molecule has 0 aliphatic rings. The summed E-state index contributed by atoms with van der Waals surface area (Å²) in [5.41, 5.74) is 2.20. The maximum absolute atomic E-state index is 13.3. The number of carbonyl (C=O) groups excluding carboxylic acids is 3. The van der Waals surface area contributed by atoms with Crippen molar-refractivity contribution in [2.45, 2.75) is 26.6 Å². The van der Waals surface area contributed by atoms with Crippen molar-refractivity contribution in [3.05, 3.63) is 90.5 Å². The molecule has 222 valence electrons. The standard InChI is InChI=1S/C31H37N5O6/c1-22(2)19-36(28(38)21-35(18-17-29(39)40)30(41)23-9-5-3-6-10-23)20-27(37)32-25-13-15-26(16-14-25)34-31(42)33-24-11-7-4-8-12-24/h3-16,22,31,33-34,42H,17-21H2,1-2H3,(H,32,37)(H,39,40). The molecule has 0 bridgehead atoms. The lowest BCUT2D eigenvalue weighted by atomic mass is 10.1. The first-order valence-electron chi connectivity index (χ1n) is 13.6. The lowest BCUT2D eigenvalue weighted by molar-refractivity contribution is -0.138. The number of nitrogens with zero attached hydrogens (tertiary/aromatic N) is 2. The number of hydrogen-bond donors (Lipinski definition) is 5. The molecule has 1 unspecified atom stereocenters. The summed E-state index contributed by atoms with van der Waals surface area (Å²) in [6.07, 6.45) is -1.35. The van der Waals surface area contributed by atoms with Crippen LogP contribution in [0, 0.1) is 5.92 Å². The van der Waals surface area contributed by atoms with Gasteiger partial charge in [0, 0.05) is 35.7 Å². The van der Waals surface area contributed by atoms with Gasteiger partial charge in [-0.15, -0.1) is 0 Å². The average molecular weight is 576 g/mol. The minimum atomic E-state index is -1.09. The number of aliphatic hydroxyl groups is 1. The zero-order valence-electron chi connectivity index (χ0n) is 23.7. The fourth-order valence-electron chi connectivity index (χ4n) is 4.11. The molecule has 11 heteroatoms. The van der Waals surface area contributed by atoms with Gasteiger partial charge in [-0.1, -0.05) is 50.2 Å².